The van der Waals surface area contributed by atoms with E-state index in [1.807, 2.05) is 6.08 Å². The van der Waals surface area contributed by atoms with Crippen LogP contribution < -0.4 is 0 Å². The Labute approximate surface area is 211 Å². The first-order chi connectivity index (χ1) is 17.6. The normalized spacial score (nSPS) is 30.6. The number of amides is 4. The minimum absolute atomic E-state index is 0.0212. The minimum atomic E-state index is -1.14. The number of carboxylic acids is 2. The van der Waals surface area contributed by atoms with E-state index in [0.29, 0.717) is 5.56 Å². The summed E-state index contributed by atoms with van der Waals surface area (Å²) in [6.45, 7) is -0.478. The van der Waals surface area contributed by atoms with Gasteiger partial charge in [0, 0.05) is 19.0 Å². The Bertz CT molecular complexity index is 1240. The molecule has 11 heteroatoms. The molecule has 1 aromatic rings. The van der Waals surface area contributed by atoms with E-state index >= 15 is 0 Å². The van der Waals surface area contributed by atoms with Gasteiger partial charge in [-0.15, -0.1) is 0 Å². The molecule has 2 aliphatic heterocycles. The van der Waals surface area contributed by atoms with E-state index in [2.05, 4.69) is 0 Å². The van der Waals surface area contributed by atoms with E-state index < -0.39 is 71.1 Å². The number of hydrogen-bond acceptors (Lipinski definition) is 7. The molecule has 4 amide bonds. The molecule has 1 aromatic carbocycles. The van der Waals surface area contributed by atoms with E-state index in [4.69, 9.17) is 10.2 Å². The maximum atomic E-state index is 13.5. The molecule has 6 atom stereocenters. The predicted octanol–water partition coefficient (Wildman–Crippen LogP) is 0.978. The van der Waals surface area contributed by atoms with Gasteiger partial charge < -0.3 is 15.3 Å². The van der Waals surface area contributed by atoms with Crippen LogP contribution in [-0.2, 0) is 28.8 Å². The van der Waals surface area contributed by atoms with Crippen LogP contribution in [0.3, 0.4) is 0 Å². The first kappa shape index (κ1) is 24.7. The summed E-state index contributed by atoms with van der Waals surface area (Å²) in [5.74, 6) is -8.20. The highest BCUT2D eigenvalue weighted by Gasteiger charge is 2.61. The molecule has 2 aliphatic carbocycles. The lowest BCUT2D eigenvalue weighted by Gasteiger charge is -2.44. The molecule has 1 saturated carbocycles. The average Bonchev–Trinajstić information content (AvgIpc) is 3.24. The van der Waals surface area contributed by atoms with Crippen LogP contribution in [0, 0.1) is 29.6 Å². The van der Waals surface area contributed by atoms with Gasteiger partial charge in [0.25, 0.3) is 0 Å². The number of likely N-dealkylation sites (tertiary alicyclic amines) is 2. The van der Waals surface area contributed by atoms with Crippen molar-refractivity contribution in [1.29, 1.82) is 0 Å². The summed E-state index contributed by atoms with van der Waals surface area (Å²) in [5, 5.41) is 27.9. The van der Waals surface area contributed by atoms with Crippen molar-refractivity contribution in [3.05, 3.63) is 41.5 Å². The van der Waals surface area contributed by atoms with Crippen molar-refractivity contribution in [3.63, 3.8) is 0 Å². The van der Waals surface area contributed by atoms with E-state index in [1.165, 1.54) is 12.1 Å². The van der Waals surface area contributed by atoms with Gasteiger partial charge in [-0.2, -0.15) is 0 Å². The highest BCUT2D eigenvalue weighted by molar-refractivity contribution is 6.08. The van der Waals surface area contributed by atoms with Crippen LogP contribution in [0.25, 0.3) is 0 Å². The quantitative estimate of drug-likeness (QED) is 0.357. The fraction of sp³-hybridized carbons (Fsp3) is 0.462. The van der Waals surface area contributed by atoms with Crippen LogP contribution in [0.2, 0.25) is 0 Å². The van der Waals surface area contributed by atoms with Crippen molar-refractivity contribution in [2.75, 3.05) is 13.1 Å². The fourth-order valence-corrected chi connectivity index (χ4v) is 6.63. The number of hydrogen-bond donors (Lipinski definition) is 3. The highest BCUT2D eigenvalue weighted by atomic mass is 16.4. The monoisotopic (exact) mass is 510 g/mol. The summed E-state index contributed by atoms with van der Waals surface area (Å²) < 4.78 is 0. The molecule has 2 heterocycles. The maximum Gasteiger partial charge on any atom is 0.305 e. The molecule has 5 rings (SSSR count). The number of carbonyl (C=O) groups excluding carboxylic acids is 4. The van der Waals surface area contributed by atoms with E-state index in [9.17, 15) is 33.9 Å². The number of fused-ring (bicyclic) bond motifs is 4. The van der Waals surface area contributed by atoms with E-state index in [-0.39, 0.29) is 44.5 Å². The van der Waals surface area contributed by atoms with Gasteiger partial charge in [-0.3, -0.25) is 38.6 Å². The smallest absolute Gasteiger partial charge is 0.305 e. The number of carboxylic acid groups (broad SMARTS) is 2. The zero-order valence-electron chi connectivity index (χ0n) is 19.8. The van der Waals surface area contributed by atoms with Gasteiger partial charge >= 0.3 is 11.9 Å². The number of phenolic OH excluding ortho intramolecular Hbond substituents is 1. The lowest BCUT2D eigenvalue weighted by Crippen LogP contribution is -2.43. The first-order valence-electron chi connectivity index (χ1n) is 12.2. The average molecular weight is 510 g/mol. The lowest BCUT2D eigenvalue weighted by molar-refractivity contribution is -0.145. The third kappa shape index (κ3) is 3.98. The number of benzene rings is 1. The molecule has 11 nitrogen and oxygen atoms in total. The number of phenols is 1. The number of aromatic hydroxyl groups is 1. The van der Waals surface area contributed by atoms with Crippen LogP contribution in [0.5, 0.6) is 5.75 Å². The van der Waals surface area contributed by atoms with Crippen molar-refractivity contribution in [3.8, 4) is 5.75 Å². The van der Waals surface area contributed by atoms with E-state index in [0.717, 1.165) is 15.4 Å². The Morgan fingerprint density at radius 2 is 1.30 bits per heavy atom. The van der Waals surface area contributed by atoms with Gasteiger partial charge in [-0.1, -0.05) is 23.8 Å². The Morgan fingerprint density at radius 3 is 1.86 bits per heavy atom. The van der Waals surface area contributed by atoms with Crippen LogP contribution in [-0.4, -0.2) is 73.8 Å². The van der Waals surface area contributed by atoms with Crippen LogP contribution >= 0.6 is 0 Å². The van der Waals surface area contributed by atoms with Gasteiger partial charge in [-0.25, -0.2) is 0 Å². The number of nitrogens with zero attached hydrogens (tertiary/aromatic N) is 2. The van der Waals surface area contributed by atoms with Crippen molar-refractivity contribution < 1.29 is 44.1 Å². The van der Waals surface area contributed by atoms with Crippen molar-refractivity contribution in [1.82, 2.24) is 9.80 Å². The van der Waals surface area contributed by atoms with Crippen LogP contribution in [0.15, 0.2) is 35.9 Å². The molecule has 194 valence electrons. The summed E-state index contributed by atoms with van der Waals surface area (Å²) in [7, 11) is 0. The molecule has 3 fully saturated rings. The third-order valence-corrected chi connectivity index (χ3v) is 8.18. The topological polar surface area (TPSA) is 170 Å². The first-order valence-corrected chi connectivity index (χ1v) is 12.2. The zero-order chi connectivity index (χ0) is 26.6. The van der Waals surface area contributed by atoms with E-state index in [1.54, 1.807) is 12.1 Å². The number of carbonyl (C=O) groups is 6. The minimum Gasteiger partial charge on any atom is -0.508 e. The molecule has 0 unspecified atom stereocenters. The summed E-state index contributed by atoms with van der Waals surface area (Å²) in [4.78, 5) is 77.5. The maximum absolute atomic E-state index is 13.5. The van der Waals surface area contributed by atoms with Gasteiger partial charge in [0.15, 0.2) is 0 Å². The lowest BCUT2D eigenvalue weighted by atomic mass is 9.57. The summed E-state index contributed by atoms with van der Waals surface area (Å²) in [6, 6.07) is 6.26. The molecule has 2 saturated heterocycles. The number of rotatable bonds is 7. The second kappa shape index (κ2) is 9.13. The largest absolute Gasteiger partial charge is 0.508 e. The van der Waals surface area contributed by atoms with Gasteiger partial charge in [0.1, 0.15) is 5.75 Å². The van der Waals surface area contributed by atoms with Crippen molar-refractivity contribution >= 4 is 35.6 Å². The summed E-state index contributed by atoms with van der Waals surface area (Å²) in [6.07, 6.45) is 1.52. The Morgan fingerprint density at radius 1 is 0.757 bits per heavy atom. The number of allylic oxidation sites excluding steroid dienone is 2. The second-order valence-corrected chi connectivity index (χ2v) is 10.1. The van der Waals surface area contributed by atoms with Gasteiger partial charge in [0.2, 0.25) is 23.6 Å². The molecule has 37 heavy (non-hydrogen) atoms. The zero-order valence-corrected chi connectivity index (χ0v) is 19.8. The molecule has 0 aromatic heterocycles. The Hall–Kier alpha value is -4.02. The Kier molecular flexibility index (Phi) is 6.09. The summed E-state index contributed by atoms with van der Waals surface area (Å²) >= 11 is 0. The van der Waals surface area contributed by atoms with Crippen LogP contribution in [0.4, 0.5) is 0 Å². The fourth-order valence-electron chi connectivity index (χ4n) is 6.63. The Balaban J connectivity index is 1.54. The SMILES string of the molecule is O=C(O)CCN1C(=O)[C@H]2[C@H](CC=C3[C@H]2C[C@H]2C(=O)N(CCC(=O)O)C(=O)[C@H]2[C@H]3c2ccc(O)cc2)C1=O. The second-order valence-electron chi connectivity index (χ2n) is 10.1. The van der Waals surface area contributed by atoms with Gasteiger partial charge in [0.05, 0.1) is 36.5 Å². The molecule has 0 spiro atoms. The molecular weight excluding hydrogens is 484 g/mol. The van der Waals surface area contributed by atoms with Crippen LogP contribution in [0.1, 0.15) is 37.2 Å². The number of aliphatic carboxylic acids is 2. The van der Waals surface area contributed by atoms with Gasteiger partial charge in [-0.05, 0) is 36.5 Å². The standard InChI is InChI=1S/C26H26N2O9/c29-13-3-1-12(2-4-13)20-14-5-6-15-21(25(36)27(23(15)34)9-7-18(30)31)16(14)11-17-22(20)26(37)28(24(17)35)10-8-19(32)33/h1-5,15-17,20-22,29H,6-11H2,(H,30,31)(H,32,33)/t15-,16+,17+,20-,21-,22+/m0/s1. The molecule has 4 aliphatic rings. The highest BCUT2D eigenvalue weighted by Crippen LogP contribution is 2.57. The summed E-state index contributed by atoms with van der Waals surface area (Å²) in [5.41, 5.74) is 1.44. The van der Waals surface area contributed by atoms with Crippen molar-refractivity contribution in [2.45, 2.75) is 31.6 Å². The molecule has 0 bridgehead atoms. The molecular formula is C26H26N2O9. The molecule has 3 N–H and O–H groups in total. The molecule has 0 radical (unpaired) electrons. The number of imide groups is 2. The predicted molar refractivity (Wildman–Crippen MR) is 124 cm³/mol. The third-order valence-electron chi connectivity index (χ3n) is 8.18. The van der Waals surface area contributed by atoms with Crippen molar-refractivity contribution in [2.24, 2.45) is 29.6 Å².